The van der Waals surface area contributed by atoms with Crippen LogP contribution >= 0.6 is 0 Å². The molecule has 0 bridgehead atoms. The summed E-state index contributed by atoms with van der Waals surface area (Å²) in [6.07, 6.45) is 10.4. The SMILES string of the molecule is C1=CC[C@@H](CN2CCN(Cc3ccco3)CC2)CC1. The molecule has 3 rings (SSSR count). The van der Waals surface area contributed by atoms with Crippen LogP contribution < -0.4 is 0 Å². The van der Waals surface area contributed by atoms with Gasteiger partial charge in [-0.25, -0.2) is 0 Å². The third-order valence-corrected chi connectivity index (χ3v) is 4.32. The van der Waals surface area contributed by atoms with E-state index >= 15 is 0 Å². The second-order valence-electron chi connectivity index (χ2n) is 5.81. The van der Waals surface area contributed by atoms with Gasteiger partial charge in [-0.3, -0.25) is 4.90 Å². The summed E-state index contributed by atoms with van der Waals surface area (Å²) >= 11 is 0. The van der Waals surface area contributed by atoms with E-state index in [1.165, 1.54) is 52.0 Å². The fraction of sp³-hybridized carbons (Fsp3) is 0.625. The van der Waals surface area contributed by atoms with Crippen molar-refractivity contribution in [2.24, 2.45) is 5.92 Å². The van der Waals surface area contributed by atoms with Crippen LogP contribution in [0.1, 0.15) is 25.0 Å². The molecule has 1 aliphatic carbocycles. The molecule has 0 radical (unpaired) electrons. The lowest BCUT2D eigenvalue weighted by Crippen LogP contribution is -2.47. The highest BCUT2D eigenvalue weighted by atomic mass is 16.3. The summed E-state index contributed by atoms with van der Waals surface area (Å²) in [6.45, 7) is 7.01. The van der Waals surface area contributed by atoms with E-state index in [0.717, 1.165) is 18.2 Å². The fourth-order valence-electron chi connectivity index (χ4n) is 3.14. The van der Waals surface area contributed by atoms with Crippen LogP contribution in [0.2, 0.25) is 0 Å². The molecule has 3 heteroatoms. The van der Waals surface area contributed by atoms with Crippen molar-refractivity contribution < 1.29 is 4.42 Å². The fourth-order valence-corrected chi connectivity index (χ4v) is 3.14. The molecule has 1 aliphatic heterocycles. The van der Waals surface area contributed by atoms with Gasteiger partial charge in [-0.05, 0) is 37.3 Å². The van der Waals surface area contributed by atoms with E-state index < -0.39 is 0 Å². The molecule has 1 aromatic rings. The van der Waals surface area contributed by atoms with Crippen LogP contribution in [0, 0.1) is 5.92 Å². The minimum atomic E-state index is 0.890. The van der Waals surface area contributed by atoms with Crippen LogP contribution in [0.15, 0.2) is 35.0 Å². The van der Waals surface area contributed by atoms with Crippen LogP contribution in [0.5, 0.6) is 0 Å². The molecule has 2 heterocycles. The van der Waals surface area contributed by atoms with E-state index in [4.69, 9.17) is 4.42 Å². The Hall–Kier alpha value is -1.06. The smallest absolute Gasteiger partial charge is 0.117 e. The second kappa shape index (κ2) is 6.40. The maximum absolute atomic E-state index is 5.42. The van der Waals surface area contributed by atoms with Crippen LogP contribution in [-0.2, 0) is 6.54 Å². The van der Waals surface area contributed by atoms with Crippen molar-refractivity contribution in [1.29, 1.82) is 0 Å². The van der Waals surface area contributed by atoms with Crippen LogP contribution in [0.25, 0.3) is 0 Å². The number of furan rings is 1. The first-order chi connectivity index (χ1) is 9.40. The average molecular weight is 260 g/mol. The Bertz CT molecular complexity index is 391. The Labute approximate surface area is 115 Å². The molecule has 1 aromatic heterocycles. The van der Waals surface area contributed by atoms with Gasteiger partial charge in [-0.2, -0.15) is 0 Å². The van der Waals surface area contributed by atoms with Crippen LogP contribution in [0.3, 0.4) is 0 Å². The predicted octanol–water partition coefficient (Wildman–Crippen LogP) is 2.75. The summed E-state index contributed by atoms with van der Waals surface area (Å²) in [5.41, 5.74) is 0. The molecule has 19 heavy (non-hydrogen) atoms. The Morgan fingerprint density at radius 3 is 2.63 bits per heavy atom. The molecule has 1 saturated heterocycles. The van der Waals surface area contributed by atoms with E-state index in [2.05, 4.69) is 28.0 Å². The Kier molecular flexibility index (Phi) is 4.36. The zero-order valence-electron chi connectivity index (χ0n) is 11.6. The highest BCUT2D eigenvalue weighted by Gasteiger charge is 2.20. The number of piperazine rings is 1. The summed E-state index contributed by atoms with van der Waals surface area (Å²) in [4.78, 5) is 5.14. The van der Waals surface area contributed by atoms with E-state index in [1.807, 2.05) is 6.07 Å². The first kappa shape index (κ1) is 12.9. The third-order valence-electron chi connectivity index (χ3n) is 4.32. The molecule has 1 fully saturated rings. The van der Waals surface area contributed by atoms with Crippen molar-refractivity contribution in [2.45, 2.75) is 25.8 Å². The van der Waals surface area contributed by atoms with Gasteiger partial charge in [0.05, 0.1) is 12.8 Å². The Balaban J connectivity index is 1.40. The highest BCUT2D eigenvalue weighted by molar-refractivity contribution is 4.98. The number of hydrogen-bond acceptors (Lipinski definition) is 3. The Morgan fingerprint density at radius 1 is 1.11 bits per heavy atom. The minimum absolute atomic E-state index is 0.890. The zero-order valence-corrected chi connectivity index (χ0v) is 11.6. The Morgan fingerprint density at radius 2 is 1.95 bits per heavy atom. The molecule has 0 aromatic carbocycles. The molecule has 1 atom stereocenters. The van der Waals surface area contributed by atoms with Crippen molar-refractivity contribution in [3.63, 3.8) is 0 Å². The van der Waals surface area contributed by atoms with Crippen molar-refractivity contribution >= 4 is 0 Å². The first-order valence-corrected chi connectivity index (χ1v) is 7.52. The lowest BCUT2D eigenvalue weighted by atomic mass is 9.94. The molecule has 0 N–H and O–H groups in total. The molecule has 0 spiro atoms. The van der Waals surface area contributed by atoms with E-state index in [1.54, 1.807) is 6.26 Å². The van der Waals surface area contributed by atoms with Gasteiger partial charge < -0.3 is 9.32 Å². The number of nitrogens with zero attached hydrogens (tertiary/aromatic N) is 2. The van der Waals surface area contributed by atoms with Gasteiger partial charge in [0.25, 0.3) is 0 Å². The van der Waals surface area contributed by atoms with Gasteiger partial charge in [0.15, 0.2) is 0 Å². The van der Waals surface area contributed by atoms with Gasteiger partial charge in [0.1, 0.15) is 5.76 Å². The van der Waals surface area contributed by atoms with Gasteiger partial charge in [0, 0.05) is 32.7 Å². The van der Waals surface area contributed by atoms with Crippen LogP contribution in [0.4, 0.5) is 0 Å². The number of rotatable bonds is 4. The molecule has 0 amide bonds. The zero-order chi connectivity index (χ0) is 12.9. The van der Waals surface area contributed by atoms with Crippen LogP contribution in [-0.4, -0.2) is 42.5 Å². The van der Waals surface area contributed by atoms with Gasteiger partial charge in [-0.1, -0.05) is 12.2 Å². The summed E-state index contributed by atoms with van der Waals surface area (Å²) in [7, 11) is 0. The van der Waals surface area contributed by atoms with Crippen molar-refractivity contribution in [1.82, 2.24) is 9.80 Å². The monoisotopic (exact) mass is 260 g/mol. The lowest BCUT2D eigenvalue weighted by Gasteiger charge is -2.36. The number of hydrogen-bond donors (Lipinski definition) is 0. The number of allylic oxidation sites excluding steroid dienone is 2. The molecule has 0 saturated carbocycles. The minimum Gasteiger partial charge on any atom is -0.468 e. The largest absolute Gasteiger partial charge is 0.468 e. The maximum atomic E-state index is 5.42. The molecule has 2 aliphatic rings. The highest BCUT2D eigenvalue weighted by Crippen LogP contribution is 2.20. The molecular formula is C16H24N2O. The summed E-state index contributed by atoms with van der Waals surface area (Å²) < 4.78 is 5.42. The quantitative estimate of drug-likeness (QED) is 0.776. The van der Waals surface area contributed by atoms with Gasteiger partial charge in [0.2, 0.25) is 0 Å². The predicted molar refractivity (Wildman–Crippen MR) is 76.9 cm³/mol. The van der Waals surface area contributed by atoms with E-state index in [9.17, 15) is 0 Å². The normalized spacial score (nSPS) is 25.8. The second-order valence-corrected chi connectivity index (χ2v) is 5.81. The molecular weight excluding hydrogens is 236 g/mol. The standard InChI is InChI=1S/C16H24N2O/c1-2-5-15(6-3-1)13-17-8-10-18(11-9-17)14-16-7-4-12-19-16/h1-2,4,7,12,15H,3,5-6,8-11,13-14H2/t15-/m1/s1. The average Bonchev–Trinajstić information content (AvgIpc) is 2.95. The van der Waals surface area contributed by atoms with Crippen molar-refractivity contribution in [3.05, 3.63) is 36.3 Å². The lowest BCUT2D eigenvalue weighted by molar-refractivity contribution is 0.106. The van der Waals surface area contributed by atoms with E-state index in [-0.39, 0.29) is 0 Å². The molecule has 104 valence electrons. The summed E-state index contributed by atoms with van der Waals surface area (Å²) in [5.74, 6) is 1.98. The topological polar surface area (TPSA) is 19.6 Å². The van der Waals surface area contributed by atoms with Gasteiger partial charge in [-0.15, -0.1) is 0 Å². The third kappa shape index (κ3) is 3.71. The molecule has 0 unspecified atom stereocenters. The van der Waals surface area contributed by atoms with Crippen molar-refractivity contribution in [3.8, 4) is 0 Å². The van der Waals surface area contributed by atoms with E-state index in [0.29, 0.717) is 0 Å². The van der Waals surface area contributed by atoms with Crippen molar-refractivity contribution in [2.75, 3.05) is 32.7 Å². The summed E-state index contributed by atoms with van der Waals surface area (Å²) in [5, 5.41) is 0. The molecule has 3 nitrogen and oxygen atoms in total. The summed E-state index contributed by atoms with van der Waals surface area (Å²) in [6, 6.07) is 4.04. The maximum Gasteiger partial charge on any atom is 0.117 e. The van der Waals surface area contributed by atoms with Gasteiger partial charge >= 0.3 is 0 Å². The first-order valence-electron chi connectivity index (χ1n) is 7.52.